The third-order valence-corrected chi connectivity index (χ3v) is 4.20. The van der Waals surface area contributed by atoms with Crippen LogP contribution in [0, 0.1) is 5.82 Å². The lowest BCUT2D eigenvalue weighted by molar-refractivity contribution is -0.107. The summed E-state index contributed by atoms with van der Waals surface area (Å²) >= 11 is 0. The fourth-order valence-electron chi connectivity index (χ4n) is 3.00. The maximum atomic E-state index is 14.6. The molecular weight excluding hydrogens is 313 g/mol. The van der Waals surface area contributed by atoms with E-state index >= 15 is 0 Å². The predicted molar refractivity (Wildman–Crippen MR) is 85.7 cm³/mol. The van der Waals surface area contributed by atoms with Gasteiger partial charge < -0.3 is 19.7 Å². The highest BCUT2D eigenvalue weighted by atomic mass is 19.1. The fraction of sp³-hybridized carbons (Fsp3) is 0.294. The van der Waals surface area contributed by atoms with Gasteiger partial charge >= 0.3 is 0 Å². The van der Waals surface area contributed by atoms with Crippen molar-refractivity contribution in [2.45, 2.75) is 12.6 Å². The average molecular weight is 329 g/mol. The Labute approximate surface area is 138 Å². The van der Waals surface area contributed by atoms with Gasteiger partial charge in [0.2, 0.25) is 6.41 Å². The van der Waals surface area contributed by atoms with Gasteiger partial charge in [-0.15, -0.1) is 0 Å². The molecule has 1 atom stereocenters. The molecule has 2 aromatic rings. The van der Waals surface area contributed by atoms with E-state index in [1.807, 2.05) is 6.07 Å². The number of nitrogens with one attached hydrogen (secondary N) is 1. The number of anilines is 3. The first-order valence-electron chi connectivity index (χ1n) is 7.72. The monoisotopic (exact) mass is 329 g/mol. The molecular formula is C17H16FN3O3. The van der Waals surface area contributed by atoms with Gasteiger partial charge in [0, 0.05) is 17.3 Å². The van der Waals surface area contributed by atoms with Gasteiger partial charge in [-0.3, -0.25) is 4.79 Å². The molecule has 0 saturated carbocycles. The molecule has 1 aromatic carbocycles. The predicted octanol–water partition coefficient (Wildman–Crippen LogP) is 2.53. The highest BCUT2D eigenvalue weighted by Gasteiger charge is 2.26. The minimum absolute atomic E-state index is 0.298. The number of halogens is 1. The first-order valence-corrected chi connectivity index (χ1v) is 7.72. The molecule has 1 N–H and O–H groups in total. The van der Waals surface area contributed by atoms with Crippen LogP contribution in [-0.2, 0) is 20.8 Å². The van der Waals surface area contributed by atoms with E-state index in [1.165, 1.54) is 11.0 Å². The van der Waals surface area contributed by atoms with Gasteiger partial charge in [0.25, 0.3) is 0 Å². The molecule has 3 heterocycles. The van der Waals surface area contributed by atoms with E-state index in [9.17, 15) is 9.18 Å². The molecule has 2 aliphatic heterocycles. The number of benzene rings is 1. The molecule has 124 valence electrons. The van der Waals surface area contributed by atoms with Crippen molar-refractivity contribution < 1.29 is 18.7 Å². The first kappa shape index (κ1) is 15.0. The van der Waals surface area contributed by atoms with Crippen molar-refractivity contribution in [2.75, 3.05) is 30.0 Å². The molecule has 1 aromatic heterocycles. The maximum Gasteiger partial charge on any atom is 0.214 e. The molecule has 0 radical (unpaired) electrons. The third-order valence-electron chi connectivity index (χ3n) is 4.20. The third kappa shape index (κ3) is 2.61. The second-order valence-corrected chi connectivity index (χ2v) is 5.69. The summed E-state index contributed by atoms with van der Waals surface area (Å²) in [4.78, 5) is 17.4. The highest BCUT2D eigenvalue weighted by molar-refractivity contribution is 5.88. The van der Waals surface area contributed by atoms with Gasteiger partial charge in [0.15, 0.2) is 0 Å². The second-order valence-electron chi connectivity index (χ2n) is 5.69. The van der Waals surface area contributed by atoms with Gasteiger partial charge in [-0.25, -0.2) is 9.37 Å². The minimum Gasteiger partial charge on any atom is -0.376 e. The zero-order chi connectivity index (χ0) is 16.5. The summed E-state index contributed by atoms with van der Waals surface area (Å²) in [6.45, 7) is 1.59. The molecule has 2 aliphatic rings. The van der Waals surface area contributed by atoms with E-state index in [0.717, 1.165) is 12.0 Å². The van der Waals surface area contributed by atoms with Crippen LogP contribution < -0.4 is 10.2 Å². The van der Waals surface area contributed by atoms with Gasteiger partial charge in [-0.2, -0.15) is 0 Å². The van der Waals surface area contributed by atoms with Crippen LogP contribution in [0.4, 0.5) is 21.6 Å². The summed E-state index contributed by atoms with van der Waals surface area (Å²) in [5.74, 6) is 0.217. The van der Waals surface area contributed by atoms with Gasteiger partial charge in [-0.05, 0) is 18.2 Å². The normalized spacial score (nSPS) is 19.7. The van der Waals surface area contributed by atoms with Gasteiger partial charge in [-0.1, -0.05) is 6.07 Å². The van der Waals surface area contributed by atoms with E-state index in [4.69, 9.17) is 9.47 Å². The Morgan fingerprint density at radius 3 is 3.08 bits per heavy atom. The lowest BCUT2D eigenvalue weighted by atomic mass is 10.1. The number of pyridine rings is 1. The number of ether oxygens (including phenoxy) is 2. The number of carbonyl (C=O) groups excluding carboxylic acids is 1. The average Bonchev–Trinajstić information content (AvgIpc) is 2.77. The summed E-state index contributed by atoms with van der Waals surface area (Å²) < 4.78 is 25.6. The van der Waals surface area contributed by atoms with Crippen molar-refractivity contribution in [3.63, 3.8) is 0 Å². The van der Waals surface area contributed by atoms with E-state index in [2.05, 4.69) is 10.3 Å². The molecule has 0 spiro atoms. The summed E-state index contributed by atoms with van der Waals surface area (Å²) in [5.41, 5.74) is 2.34. The number of rotatable bonds is 2. The number of aromatic nitrogens is 1. The smallest absolute Gasteiger partial charge is 0.214 e. The second kappa shape index (κ2) is 6.18. The Morgan fingerprint density at radius 2 is 2.29 bits per heavy atom. The fourth-order valence-corrected chi connectivity index (χ4v) is 3.00. The maximum absolute atomic E-state index is 14.6. The molecule has 7 heteroatoms. The van der Waals surface area contributed by atoms with E-state index < -0.39 is 11.9 Å². The van der Waals surface area contributed by atoms with Crippen molar-refractivity contribution >= 4 is 23.6 Å². The Hall–Kier alpha value is -2.51. The summed E-state index contributed by atoms with van der Waals surface area (Å²) in [6.07, 6.45) is 1.92. The molecule has 0 bridgehead atoms. The van der Waals surface area contributed by atoms with Crippen molar-refractivity contribution in [1.82, 2.24) is 4.98 Å². The summed E-state index contributed by atoms with van der Waals surface area (Å²) in [7, 11) is 0. The van der Waals surface area contributed by atoms with Crippen LogP contribution in [0.5, 0.6) is 0 Å². The zero-order valence-electron chi connectivity index (χ0n) is 12.9. The highest BCUT2D eigenvalue weighted by Crippen LogP contribution is 2.38. The molecule has 1 fully saturated rings. The summed E-state index contributed by atoms with van der Waals surface area (Å²) in [6, 6.07) is 6.71. The van der Waals surface area contributed by atoms with Crippen molar-refractivity contribution in [3.8, 4) is 0 Å². The van der Waals surface area contributed by atoms with Crippen molar-refractivity contribution in [1.29, 1.82) is 0 Å². The number of carbonyl (C=O) groups is 1. The number of fused-ring (bicyclic) bond motifs is 2. The lowest BCUT2D eigenvalue weighted by Gasteiger charge is -2.26. The van der Waals surface area contributed by atoms with E-state index in [0.29, 0.717) is 49.1 Å². The van der Waals surface area contributed by atoms with Gasteiger partial charge in [0.1, 0.15) is 17.7 Å². The molecule has 24 heavy (non-hydrogen) atoms. The molecule has 6 nitrogen and oxygen atoms in total. The Balaban J connectivity index is 1.79. The van der Waals surface area contributed by atoms with Crippen molar-refractivity contribution in [3.05, 3.63) is 47.4 Å². The Kier molecular flexibility index (Phi) is 3.87. The summed E-state index contributed by atoms with van der Waals surface area (Å²) in [5, 5.41) is 3.11. The minimum atomic E-state index is -0.471. The Morgan fingerprint density at radius 1 is 1.38 bits per heavy atom. The van der Waals surface area contributed by atoms with Crippen LogP contribution in [0.15, 0.2) is 30.5 Å². The number of hydrogen-bond donors (Lipinski definition) is 1. The largest absolute Gasteiger partial charge is 0.376 e. The van der Waals surface area contributed by atoms with Crippen LogP contribution in [0.2, 0.25) is 0 Å². The van der Waals surface area contributed by atoms with E-state index in [-0.39, 0.29) is 0 Å². The zero-order valence-corrected chi connectivity index (χ0v) is 12.9. The standard InChI is InChI=1S/C17H16FN3O3/c18-13-7-14-15(6-12(13)16-9-23-4-5-24-16)21(10-22)8-11-2-1-3-19-17(11)20-14/h1-3,6-7,10,16H,4-5,8-9H2,(H,19,20). The SMILES string of the molecule is O=CN1Cc2cccnc2Nc2cc(F)c(C3COCCO3)cc21. The first-order chi connectivity index (χ1) is 11.8. The van der Waals surface area contributed by atoms with Crippen LogP contribution in [0.3, 0.4) is 0 Å². The quantitative estimate of drug-likeness (QED) is 0.858. The molecule has 0 aliphatic carbocycles. The number of amides is 1. The molecule has 1 saturated heterocycles. The van der Waals surface area contributed by atoms with Crippen LogP contribution in [-0.4, -0.2) is 31.2 Å². The molecule has 1 amide bonds. The number of nitrogens with zero attached hydrogens (tertiary/aromatic N) is 2. The van der Waals surface area contributed by atoms with Crippen LogP contribution in [0.25, 0.3) is 0 Å². The molecule has 4 rings (SSSR count). The number of hydrogen-bond acceptors (Lipinski definition) is 5. The van der Waals surface area contributed by atoms with Crippen LogP contribution in [0.1, 0.15) is 17.2 Å². The van der Waals surface area contributed by atoms with Gasteiger partial charge in [0.05, 0.1) is 37.7 Å². The topological polar surface area (TPSA) is 63.7 Å². The van der Waals surface area contributed by atoms with Crippen molar-refractivity contribution in [2.24, 2.45) is 0 Å². The Bertz CT molecular complexity index is 778. The lowest BCUT2D eigenvalue weighted by Crippen LogP contribution is -2.24. The van der Waals surface area contributed by atoms with E-state index in [1.54, 1.807) is 18.3 Å². The van der Waals surface area contributed by atoms with Crippen LogP contribution >= 0.6 is 0 Å². The molecule has 1 unspecified atom stereocenters.